The molecule has 0 aliphatic carbocycles. The minimum atomic E-state index is 0.281. The zero-order chi connectivity index (χ0) is 13.0. The first-order valence-electron chi connectivity index (χ1n) is 6.73. The lowest BCUT2D eigenvalue weighted by atomic mass is 9.99. The van der Waals surface area contributed by atoms with Crippen LogP contribution in [0.1, 0.15) is 31.4 Å². The van der Waals surface area contributed by atoms with Crippen LogP contribution in [0.3, 0.4) is 0 Å². The molecule has 4 nitrogen and oxygen atoms in total. The molecule has 0 amide bonds. The molecule has 1 aliphatic heterocycles. The summed E-state index contributed by atoms with van der Waals surface area (Å²) in [6, 6.07) is 4.55. The highest BCUT2D eigenvalue weighted by Gasteiger charge is 2.20. The summed E-state index contributed by atoms with van der Waals surface area (Å²) in [6.07, 6.45) is 4.14. The second-order valence-corrected chi connectivity index (χ2v) is 5.09. The lowest BCUT2D eigenvalue weighted by Crippen LogP contribution is -2.37. The fourth-order valence-corrected chi connectivity index (χ4v) is 2.47. The van der Waals surface area contributed by atoms with Crippen molar-refractivity contribution < 1.29 is 5.11 Å². The Morgan fingerprint density at radius 1 is 1.61 bits per heavy atom. The number of aromatic nitrogens is 1. The summed E-state index contributed by atoms with van der Waals surface area (Å²) < 4.78 is 0. The molecule has 0 radical (unpaired) electrons. The lowest BCUT2D eigenvalue weighted by molar-refractivity contribution is 0.208. The van der Waals surface area contributed by atoms with E-state index >= 15 is 0 Å². The Hall–Kier alpha value is -1.13. The fourth-order valence-electron chi connectivity index (χ4n) is 2.47. The van der Waals surface area contributed by atoms with Gasteiger partial charge in [-0.15, -0.1) is 0 Å². The summed E-state index contributed by atoms with van der Waals surface area (Å²) in [5, 5.41) is 12.5. The van der Waals surface area contributed by atoms with Crippen LogP contribution in [-0.2, 0) is 0 Å². The van der Waals surface area contributed by atoms with E-state index in [0.29, 0.717) is 12.0 Å². The highest BCUT2D eigenvalue weighted by molar-refractivity contribution is 5.42. The topological polar surface area (TPSA) is 48.4 Å². The summed E-state index contributed by atoms with van der Waals surface area (Å²) in [6.45, 7) is 4.39. The Morgan fingerprint density at radius 2 is 2.44 bits per heavy atom. The smallest absolute Gasteiger partial charge is 0.128 e. The van der Waals surface area contributed by atoms with E-state index in [2.05, 4.69) is 34.3 Å². The minimum absolute atomic E-state index is 0.281. The van der Waals surface area contributed by atoms with Gasteiger partial charge in [0.05, 0.1) is 0 Å². The summed E-state index contributed by atoms with van der Waals surface area (Å²) >= 11 is 0. The van der Waals surface area contributed by atoms with Crippen molar-refractivity contribution in [2.75, 3.05) is 31.6 Å². The molecule has 1 aliphatic rings. The molecule has 1 aromatic rings. The third-order valence-corrected chi connectivity index (χ3v) is 3.80. The van der Waals surface area contributed by atoms with Crippen molar-refractivity contribution in [3.05, 3.63) is 23.9 Å². The van der Waals surface area contributed by atoms with Crippen molar-refractivity contribution in [1.82, 2.24) is 10.3 Å². The molecule has 100 valence electrons. The predicted octanol–water partition coefficient (Wildman–Crippen LogP) is 1.57. The molecular formula is C14H23N3O. The van der Waals surface area contributed by atoms with Crippen molar-refractivity contribution in [2.45, 2.75) is 25.8 Å². The quantitative estimate of drug-likeness (QED) is 0.850. The zero-order valence-corrected chi connectivity index (χ0v) is 11.3. The van der Waals surface area contributed by atoms with Crippen molar-refractivity contribution >= 4 is 5.82 Å². The van der Waals surface area contributed by atoms with Crippen molar-refractivity contribution in [2.24, 2.45) is 5.92 Å². The molecular weight excluding hydrogens is 226 g/mol. The Bertz CT molecular complexity index is 383. The van der Waals surface area contributed by atoms with E-state index in [0.717, 1.165) is 31.7 Å². The van der Waals surface area contributed by atoms with Gasteiger partial charge < -0.3 is 15.3 Å². The first-order valence-corrected chi connectivity index (χ1v) is 6.73. The maximum Gasteiger partial charge on any atom is 0.128 e. The van der Waals surface area contributed by atoms with E-state index in [-0.39, 0.29) is 6.61 Å². The average molecular weight is 249 g/mol. The lowest BCUT2D eigenvalue weighted by Gasteiger charge is -2.33. The number of rotatable bonds is 4. The van der Waals surface area contributed by atoms with Crippen LogP contribution in [-0.4, -0.2) is 36.8 Å². The largest absolute Gasteiger partial charge is 0.396 e. The minimum Gasteiger partial charge on any atom is -0.396 e. The molecule has 2 atom stereocenters. The van der Waals surface area contributed by atoms with Gasteiger partial charge in [0.1, 0.15) is 5.82 Å². The van der Waals surface area contributed by atoms with Crippen LogP contribution in [0, 0.1) is 5.92 Å². The molecule has 4 heteroatoms. The van der Waals surface area contributed by atoms with Crippen molar-refractivity contribution in [3.8, 4) is 0 Å². The van der Waals surface area contributed by atoms with E-state index in [1.54, 1.807) is 0 Å². The molecule has 1 aromatic heterocycles. The second-order valence-electron chi connectivity index (χ2n) is 5.09. The van der Waals surface area contributed by atoms with Crippen LogP contribution in [0.2, 0.25) is 0 Å². The molecule has 1 fully saturated rings. The van der Waals surface area contributed by atoms with Gasteiger partial charge in [-0.25, -0.2) is 4.98 Å². The summed E-state index contributed by atoms with van der Waals surface area (Å²) in [5.41, 5.74) is 1.26. The first-order chi connectivity index (χ1) is 8.74. The summed E-state index contributed by atoms with van der Waals surface area (Å²) in [7, 11) is 1.97. The number of hydrogen-bond donors (Lipinski definition) is 2. The summed E-state index contributed by atoms with van der Waals surface area (Å²) in [4.78, 5) is 6.75. The van der Waals surface area contributed by atoms with E-state index in [1.165, 1.54) is 5.56 Å². The maximum absolute atomic E-state index is 9.28. The van der Waals surface area contributed by atoms with Crippen LogP contribution in [0.5, 0.6) is 0 Å². The number of pyridine rings is 1. The number of piperidine rings is 1. The van der Waals surface area contributed by atoms with E-state index in [4.69, 9.17) is 0 Å². The molecule has 18 heavy (non-hydrogen) atoms. The van der Waals surface area contributed by atoms with Gasteiger partial charge in [0.2, 0.25) is 0 Å². The van der Waals surface area contributed by atoms with Gasteiger partial charge in [-0.1, -0.05) is 0 Å². The fraction of sp³-hybridized carbons (Fsp3) is 0.643. The predicted molar refractivity (Wildman–Crippen MR) is 73.7 cm³/mol. The van der Waals surface area contributed by atoms with Gasteiger partial charge in [-0.2, -0.15) is 0 Å². The number of nitrogens with one attached hydrogen (secondary N) is 1. The molecule has 2 rings (SSSR count). The number of nitrogens with zero attached hydrogens (tertiary/aromatic N) is 2. The molecule has 2 unspecified atom stereocenters. The number of hydrogen-bond acceptors (Lipinski definition) is 4. The number of aliphatic hydroxyl groups excluding tert-OH is 1. The van der Waals surface area contributed by atoms with Gasteiger partial charge in [0.25, 0.3) is 0 Å². The Balaban J connectivity index is 2.12. The molecule has 0 spiro atoms. The standard InChI is InChI=1S/C14H23N3O/c1-11(15-2)13-5-6-16-14(8-13)17-7-3-4-12(9-17)10-18/h5-6,8,11-12,15,18H,3-4,7,9-10H2,1-2H3. The third kappa shape index (κ3) is 3.00. The van der Waals surface area contributed by atoms with Crippen LogP contribution in [0.4, 0.5) is 5.82 Å². The Labute approximate surface area is 109 Å². The number of aliphatic hydroxyl groups is 1. The Morgan fingerprint density at radius 3 is 3.17 bits per heavy atom. The molecule has 0 bridgehead atoms. The Kier molecular flexibility index (Phi) is 4.55. The maximum atomic E-state index is 9.28. The van der Waals surface area contributed by atoms with Gasteiger partial charge in [-0.3, -0.25) is 0 Å². The van der Waals surface area contributed by atoms with Crippen molar-refractivity contribution in [3.63, 3.8) is 0 Å². The highest BCUT2D eigenvalue weighted by Crippen LogP contribution is 2.23. The first kappa shape index (κ1) is 13.3. The van der Waals surface area contributed by atoms with Gasteiger partial charge in [0, 0.05) is 31.9 Å². The van der Waals surface area contributed by atoms with E-state index in [9.17, 15) is 5.11 Å². The third-order valence-electron chi connectivity index (χ3n) is 3.80. The summed E-state index contributed by atoms with van der Waals surface area (Å²) in [5.74, 6) is 1.43. The molecule has 1 saturated heterocycles. The zero-order valence-electron chi connectivity index (χ0n) is 11.3. The normalized spacial score (nSPS) is 21.9. The molecule has 2 heterocycles. The molecule has 0 aromatic carbocycles. The van der Waals surface area contributed by atoms with E-state index < -0.39 is 0 Å². The number of anilines is 1. The SMILES string of the molecule is CNC(C)c1ccnc(N2CCCC(CO)C2)c1. The highest BCUT2D eigenvalue weighted by atomic mass is 16.3. The second kappa shape index (κ2) is 6.16. The van der Waals surface area contributed by atoms with Crippen LogP contribution in [0.15, 0.2) is 18.3 Å². The van der Waals surface area contributed by atoms with Crippen molar-refractivity contribution in [1.29, 1.82) is 0 Å². The van der Waals surface area contributed by atoms with E-state index in [1.807, 2.05) is 13.2 Å². The van der Waals surface area contributed by atoms with Crippen LogP contribution < -0.4 is 10.2 Å². The molecule has 2 N–H and O–H groups in total. The monoisotopic (exact) mass is 249 g/mol. The molecule has 0 saturated carbocycles. The van der Waals surface area contributed by atoms with Crippen LogP contribution in [0.25, 0.3) is 0 Å². The van der Waals surface area contributed by atoms with Gasteiger partial charge in [0.15, 0.2) is 0 Å². The average Bonchev–Trinajstić information content (AvgIpc) is 2.46. The van der Waals surface area contributed by atoms with Gasteiger partial charge >= 0.3 is 0 Å². The van der Waals surface area contributed by atoms with Crippen LogP contribution >= 0.6 is 0 Å². The van der Waals surface area contributed by atoms with Gasteiger partial charge in [-0.05, 0) is 50.4 Å².